The molecule has 1 aliphatic rings. The van der Waals surface area contributed by atoms with Crippen molar-refractivity contribution in [1.29, 1.82) is 5.26 Å². The van der Waals surface area contributed by atoms with Gasteiger partial charge < -0.3 is 15.1 Å². The number of rotatable bonds is 5. The molecule has 1 aromatic heterocycles. The lowest BCUT2D eigenvalue weighted by molar-refractivity contribution is -0.121. The summed E-state index contributed by atoms with van der Waals surface area (Å²) in [5.41, 5.74) is 0.866. The van der Waals surface area contributed by atoms with Crippen LogP contribution in [0.4, 0.5) is 5.69 Å². The van der Waals surface area contributed by atoms with Crippen LogP contribution in [0.5, 0.6) is 0 Å². The Bertz CT molecular complexity index is 953. The standard InChI is InChI=1S/C18H13BrClN3O3S/c19-10-3-4-14(13(20)6-10)22-17(25)9-27-18-12(8-21)11(7-16(24)23-18)15-2-1-5-26-15/h1-6,11H,7,9H2,(H,22,25)(H,23,24)/t11-/m1/s1. The van der Waals surface area contributed by atoms with E-state index in [0.29, 0.717) is 27.1 Å². The second-order valence-corrected chi connectivity index (χ2v) is 7.94. The third kappa shape index (κ3) is 4.75. The molecule has 2 aromatic rings. The van der Waals surface area contributed by atoms with Crippen molar-refractivity contribution in [3.8, 4) is 6.07 Å². The number of thioether (sulfide) groups is 1. The van der Waals surface area contributed by atoms with Crippen LogP contribution < -0.4 is 10.6 Å². The van der Waals surface area contributed by atoms with Gasteiger partial charge in [0.2, 0.25) is 11.8 Å². The quantitative estimate of drug-likeness (QED) is 0.681. The van der Waals surface area contributed by atoms with Gasteiger partial charge in [-0.1, -0.05) is 39.3 Å². The summed E-state index contributed by atoms with van der Waals surface area (Å²) in [6.45, 7) is 0. The maximum Gasteiger partial charge on any atom is 0.234 e. The highest BCUT2D eigenvalue weighted by Crippen LogP contribution is 2.36. The number of halogens is 2. The van der Waals surface area contributed by atoms with E-state index in [1.54, 1.807) is 30.3 Å². The summed E-state index contributed by atoms with van der Waals surface area (Å²) >= 11 is 10.5. The lowest BCUT2D eigenvalue weighted by Gasteiger charge is -2.23. The fraction of sp³-hybridized carbons (Fsp3) is 0.167. The van der Waals surface area contributed by atoms with E-state index in [9.17, 15) is 14.9 Å². The second kappa shape index (κ2) is 8.65. The van der Waals surface area contributed by atoms with Gasteiger partial charge >= 0.3 is 0 Å². The van der Waals surface area contributed by atoms with Crippen molar-refractivity contribution in [3.05, 3.63) is 62.5 Å². The van der Waals surface area contributed by atoms with Crippen molar-refractivity contribution in [3.63, 3.8) is 0 Å². The molecule has 0 spiro atoms. The summed E-state index contributed by atoms with van der Waals surface area (Å²) in [5, 5.41) is 15.7. The largest absolute Gasteiger partial charge is 0.469 e. The van der Waals surface area contributed by atoms with Crippen LogP contribution in [-0.2, 0) is 9.59 Å². The number of hydrogen-bond acceptors (Lipinski definition) is 5. The van der Waals surface area contributed by atoms with E-state index in [1.165, 1.54) is 6.26 Å². The molecular formula is C18H13BrClN3O3S. The first-order valence-electron chi connectivity index (χ1n) is 7.83. The molecule has 2 N–H and O–H groups in total. The number of nitrogens with zero attached hydrogens (tertiary/aromatic N) is 1. The number of hydrogen-bond donors (Lipinski definition) is 2. The molecule has 9 heteroatoms. The van der Waals surface area contributed by atoms with Gasteiger partial charge in [-0.15, -0.1) is 0 Å². The average molecular weight is 467 g/mol. The molecule has 138 valence electrons. The van der Waals surface area contributed by atoms with Gasteiger partial charge in [-0.25, -0.2) is 0 Å². The normalized spacial score (nSPS) is 16.6. The van der Waals surface area contributed by atoms with Gasteiger partial charge in [0, 0.05) is 10.9 Å². The van der Waals surface area contributed by atoms with Crippen LogP contribution in [0.25, 0.3) is 0 Å². The van der Waals surface area contributed by atoms with Gasteiger partial charge in [-0.3, -0.25) is 9.59 Å². The fourth-order valence-corrected chi connectivity index (χ4v) is 4.18. The summed E-state index contributed by atoms with van der Waals surface area (Å²) < 4.78 is 6.16. The van der Waals surface area contributed by atoms with Crippen molar-refractivity contribution >= 4 is 56.8 Å². The molecule has 0 fully saturated rings. The Kier molecular flexibility index (Phi) is 6.26. The lowest BCUT2D eigenvalue weighted by Crippen LogP contribution is -2.31. The Balaban J connectivity index is 1.72. The zero-order valence-corrected chi connectivity index (χ0v) is 17.0. The molecular weight excluding hydrogens is 454 g/mol. The van der Waals surface area contributed by atoms with E-state index in [2.05, 4.69) is 32.6 Å². The molecule has 1 aromatic carbocycles. The minimum absolute atomic E-state index is 0.0120. The number of amides is 2. The van der Waals surface area contributed by atoms with Crippen LogP contribution in [0.15, 0.2) is 56.1 Å². The number of carbonyl (C=O) groups is 2. The van der Waals surface area contributed by atoms with Gasteiger partial charge in [0.25, 0.3) is 0 Å². The molecule has 0 unspecified atom stereocenters. The van der Waals surface area contributed by atoms with Crippen molar-refractivity contribution in [2.75, 3.05) is 11.1 Å². The molecule has 2 amide bonds. The van der Waals surface area contributed by atoms with Crippen LogP contribution in [0.3, 0.4) is 0 Å². The Morgan fingerprint density at radius 2 is 2.30 bits per heavy atom. The van der Waals surface area contributed by atoms with Crippen LogP contribution in [0, 0.1) is 11.3 Å². The number of benzene rings is 1. The summed E-state index contributed by atoms with van der Waals surface area (Å²) in [6.07, 6.45) is 1.63. The lowest BCUT2D eigenvalue weighted by atomic mass is 9.92. The van der Waals surface area contributed by atoms with Gasteiger partial charge in [-0.05, 0) is 30.3 Å². The first-order valence-corrected chi connectivity index (χ1v) is 9.99. The van der Waals surface area contributed by atoms with Crippen molar-refractivity contribution in [2.24, 2.45) is 0 Å². The number of nitriles is 1. The number of anilines is 1. The first-order chi connectivity index (χ1) is 13.0. The minimum atomic E-state index is -0.453. The van der Waals surface area contributed by atoms with Gasteiger partial charge in [0.15, 0.2) is 0 Å². The maximum atomic E-state index is 12.2. The van der Waals surface area contributed by atoms with E-state index in [1.807, 2.05) is 0 Å². The monoisotopic (exact) mass is 465 g/mol. The highest BCUT2D eigenvalue weighted by atomic mass is 79.9. The molecule has 0 saturated carbocycles. The highest BCUT2D eigenvalue weighted by Gasteiger charge is 2.31. The van der Waals surface area contributed by atoms with E-state index >= 15 is 0 Å². The third-order valence-corrected chi connectivity index (χ3v) is 5.62. The number of allylic oxidation sites excluding steroid dienone is 1. The summed E-state index contributed by atoms with van der Waals surface area (Å²) in [6, 6.07) is 10.7. The fourth-order valence-electron chi connectivity index (χ4n) is 2.58. The Morgan fingerprint density at radius 3 is 2.96 bits per heavy atom. The molecule has 0 bridgehead atoms. The van der Waals surface area contributed by atoms with Crippen molar-refractivity contribution in [1.82, 2.24) is 5.32 Å². The van der Waals surface area contributed by atoms with Crippen LogP contribution in [0.1, 0.15) is 18.1 Å². The topological polar surface area (TPSA) is 95.1 Å². The molecule has 6 nitrogen and oxygen atoms in total. The van der Waals surface area contributed by atoms with Gasteiger partial charge in [0.1, 0.15) is 5.76 Å². The molecule has 2 heterocycles. The van der Waals surface area contributed by atoms with Gasteiger partial charge in [-0.2, -0.15) is 5.26 Å². The summed E-state index contributed by atoms with van der Waals surface area (Å²) in [4.78, 5) is 24.3. The summed E-state index contributed by atoms with van der Waals surface area (Å²) in [7, 11) is 0. The van der Waals surface area contributed by atoms with E-state index in [-0.39, 0.29) is 24.0 Å². The van der Waals surface area contributed by atoms with Crippen molar-refractivity contribution in [2.45, 2.75) is 12.3 Å². The zero-order valence-electron chi connectivity index (χ0n) is 13.8. The van der Waals surface area contributed by atoms with E-state index < -0.39 is 5.92 Å². The van der Waals surface area contributed by atoms with E-state index in [4.69, 9.17) is 16.0 Å². The Morgan fingerprint density at radius 1 is 1.48 bits per heavy atom. The molecule has 1 atom stereocenters. The predicted molar refractivity (Wildman–Crippen MR) is 107 cm³/mol. The SMILES string of the molecule is N#CC1=C(SCC(=O)Nc2ccc(Br)cc2Cl)NC(=O)C[C@H]1c1ccco1. The van der Waals surface area contributed by atoms with Crippen molar-refractivity contribution < 1.29 is 14.0 Å². The second-order valence-electron chi connectivity index (χ2n) is 5.64. The predicted octanol–water partition coefficient (Wildman–Crippen LogP) is 4.41. The van der Waals surface area contributed by atoms with Crippen LogP contribution >= 0.6 is 39.3 Å². The third-order valence-electron chi connectivity index (χ3n) is 3.80. The van der Waals surface area contributed by atoms with Crippen LogP contribution in [-0.4, -0.2) is 17.6 Å². The average Bonchev–Trinajstić information content (AvgIpc) is 3.16. The molecule has 3 rings (SSSR count). The highest BCUT2D eigenvalue weighted by molar-refractivity contribution is 9.10. The molecule has 0 saturated heterocycles. The smallest absolute Gasteiger partial charge is 0.234 e. The van der Waals surface area contributed by atoms with Gasteiger partial charge in [0.05, 0.1) is 45.3 Å². The number of nitrogens with one attached hydrogen (secondary N) is 2. The molecule has 0 radical (unpaired) electrons. The zero-order chi connectivity index (χ0) is 19.4. The van der Waals surface area contributed by atoms with E-state index in [0.717, 1.165) is 16.2 Å². The Hall–Kier alpha value is -2.21. The number of furan rings is 1. The maximum absolute atomic E-state index is 12.2. The molecule has 1 aliphatic heterocycles. The minimum Gasteiger partial charge on any atom is -0.469 e. The first kappa shape index (κ1) is 19.5. The molecule has 27 heavy (non-hydrogen) atoms. The number of carbonyl (C=O) groups excluding carboxylic acids is 2. The summed E-state index contributed by atoms with van der Waals surface area (Å²) in [5.74, 6) is -0.425. The molecule has 0 aliphatic carbocycles. The van der Waals surface area contributed by atoms with Crippen LogP contribution in [0.2, 0.25) is 5.02 Å². The Labute approximate surface area is 173 Å².